The molecule has 1 aliphatic heterocycles. The average Bonchev–Trinajstić information content (AvgIpc) is 2.72. The van der Waals surface area contributed by atoms with Crippen LogP contribution in [0.4, 0.5) is 11.4 Å². The van der Waals surface area contributed by atoms with E-state index < -0.39 is 12.1 Å². The summed E-state index contributed by atoms with van der Waals surface area (Å²) in [4.78, 5) is 13.7. The molecule has 0 saturated heterocycles. The first-order chi connectivity index (χ1) is 13.7. The number of ether oxygens (including phenoxy) is 1. The third kappa shape index (κ3) is 5.49. The predicted octanol–water partition coefficient (Wildman–Crippen LogP) is 3.97. The van der Waals surface area contributed by atoms with Gasteiger partial charge in [-0.15, -0.1) is 0 Å². The van der Waals surface area contributed by atoms with Gasteiger partial charge in [0.2, 0.25) is 0 Å². The van der Waals surface area contributed by atoms with Crippen molar-refractivity contribution in [2.75, 3.05) is 36.5 Å². The zero-order valence-electron chi connectivity index (χ0n) is 16.6. The Labute approximate surface area is 167 Å². The van der Waals surface area contributed by atoms with Crippen LogP contribution >= 0.6 is 0 Å². The molecule has 0 fully saturated rings. The van der Waals surface area contributed by atoms with Crippen LogP contribution < -0.4 is 10.2 Å². The lowest BCUT2D eigenvalue weighted by molar-refractivity contribution is -0.149. The minimum absolute atomic E-state index is 0.387. The van der Waals surface area contributed by atoms with Gasteiger partial charge in [0, 0.05) is 44.0 Å². The second-order valence-electron chi connectivity index (χ2n) is 7.18. The lowest BCUT2D eigenvalue weighted by Crippen LogP contribution is -2.31. The van der Waals surface area contributed by atoms with Crippen molar-refractivity contribution in [2.24, 2.45) is 0 Å². The molecule has 2 aromatic carbocycles. The van der Waals surface area contributed by atoms with Gasteiger partial charge < -0.3 is 20.1 Å². The number of hydrogen-bond acceptors (Lipinski definition) is 4. The van der Waals surface area contributed by atoms with Crippen LogP contribution in [-0.2, 0) is 22.4 Å². The van der Waals surface area contributed by atoms with Gasteiger partial charge in [0.15, 0.2) is 6.10 Å². The molecule has 0 aliphatic carbocycles. The molecule has 0 aromatic heterocycles. The van der Waals surface area contributed by atoms with E-state index >= 15 is 0 Å². The number of anilines is 2. The third-order valence-electron chi connectivity index (χ3n) is 5.16. The monoisotopic (exact) mass is 382 g/mol. The molecule has 28 heavy (non-hydrogen) atoms. The molecule has 0 bridgehead atoms. The van der Waals surface area contributed by atoms with Gasteiger partial charge >= 0.3 is 5.97 Å². The number of nitrogens with zero attached hydrogens (tertiary/aromatic N) is 1. The van der Waals surface area contributed by atoms with Crippen molar-refractivity contribution in [3.8, 4) is 0 Å². The van der Waals surface area contributed by atoms with Crippen molar-refractivity contribution < 1.29 is 14.6 Å². The number of carboxylic acid groups (broad SMARTS) is 1. The standard InChI is InChI=1S/C23H30N2O3/c1-2-28-22(23(26)27)17-18-10-12-20(13-11-18)24-14-6-16-25-15-5-8-19-7-3-4-9-21(19)25/h3-4,7,9-13,22,24H,2,5-6,8,14-17H2,1H3,(H,26,27). The highest BCUT2D eigenvalue weighted by molar-refractivity contribution is 5.72. The number of rotatable bonds is 10. The minimum atomic E-state index is -0.914. The molecule has 5 heteroatoms. The molecular weight excluding hydrogens is 352 g/mol. The summed E-state index contributed by atoms with van der Waals surface area (Å²) < 4.78 is 5.28. The number of para-hydroxylation sites is 1. The number of hydrogen-bond donors (Lipinski definition) is 2. The topological polar surface area (TPSA) is 61.8 Å². The number of carbonyl (C=O) groups is 1. The molecule has 1 unspecified atom stereocenters. The molecule has 1 heterocycles. The summed E-state index contributed by atoms with van der Waals surface area (Å²) in [6.07, 6.45) is 3.09. The predicted molar refractivity (Wildman–Crippen MR) is 113 cm³/mol. The number of aryl methyl sites for hydroxylation is 1. The fourth-order valence-corrected chi connectivity index (χ4v) is 3.74. The van der Waals surface area contributed by atoms with Gasteiger partial charge in [-0.1, -0.05) is 30.3 Å². The summed E-state index contributed by atoms with van der Waals surface area (Å²) in [5.41, 5.74) is 4.88. The average molecular weight is 383 g/mol. The summed E-state index contributed by atoms with van der Waals surface area (Å²) in [7, 11) is 0. The Balaban J connectivity index is 1.44. The van der Waals surface area contributed by atoms with Crippen LogP contribution in [-0.4, -0.2) is 43.4 Å². The molecule has 2 aromatic rings. The summed E-state index contributed by atoms with van der Waals surface area (Å²) in [5, 5.41) is 12.7. The molecule has 0 saturated carbocycles. The fourth-order valence-electron chi connectivity index (χ4n) is 3.74. The number of carboxylic acids is 1. The maximum Gasteiger partial charge on any atom is 0.333 e. The van der Waals surface area contributed by atoms with Gasteiger partial charge in [0.25, 0.3) is 0 Å². The Morgan fingerprint density at radius 3 is 2.75 bits per heavy atom. The summed E-state index contributed by atoms with van der Waals surface area (Å²) >= 11 is 0. The van der Waals surface area contributed by atoms with E-state index in [2.05, 4.69) is 34.5 Å². The van der Waals surface area contributed by atoms with Crippen LogP contribution in [0.5, 0.6) is 0 Å². The van der Waals surface area contributed by atoms with Crippen molar-refractivity contribution in [1.29, 1.82) is 0 Å². The van der Waals surface area contributed by atoms with Crippen LogP contribution in [0, 0.1) is 0 Å². The first-order valence-corrected chi connectivity index (χ1v) is 10.2. The molecule has 2 N–H and O–H groups in total. The van der Waals surface area contributed by atoms with E-state index in [4.69, 9.17) is 4.74 Å². The van der Waals surface area contributed by atoms with Crippen molar-refractivity contribution >= 4 is 17.3 Å². The van der Waals surface area contributed by atoms with Gasteiger partial charge in [-0.05, 0) is 55.5 Å². The number of nitrogens with one attached hydrogen (secondary N) is 1. The first kappa shape index (κ1) is 20.2. The van der Waals surface area contributed by atoms with Crippen LogP contribution in [0.25, 0.3) is 0 Å². The SMILES string of the molecule is CCOC(Cc1ccc(NCCCN2CCCc3ccccc32)cc1)C(=O)O. The Bertz CT molecular complexity index is 761. The molecule has 5 nitrogen and oxygen atoms in total. The lowest BCUT2D eigenvalue weighted by atomic mass is 10.0. The quantitative estimate of drug-likeness (QED) is 0.609. The van der Waals surface area contributed by atoms with Gasteiger partial charge in [0.05, 0.1) is 0 Å². The van der Waals surface area contributed by atoms with Crippen molar-refractivity contribution in [1.82, 2.24) is 0 Å². The zero-order chi connectivity index (χ0) is 19.8. The largest absolute Gasteiger partial charge is 0.479 e. The highest BCUT2D eigenvalue weighted by Gasteiger charge is 2.18. The van der Waals surface area contributed by atoms with Crippen LogP contribution in [0.3, 0.4) is 0 Å². The normalized spacial score (nSPS) is 14.4. The van der Waals surface area contributed by atoms with Gasteiger partial charge in [-0.25, -0.2) is 4.79 Å². The van der Waals surface area contributed by atoms with E-state index in [0.717, 1.165) is 37.3 Å². The van der Waals surface area contributed by atoms with E-state index in [1.807, 2.05) is 31.2 Å². The molecular formula is C23H30N2O3. The number of aliphatic carboxylic acids is 1. The third-order valence-corrected chi connectivity index (χ3v) is 5.16. The lowest BCUT2D eigenvalue weighted by Gasteiger charge is -2.31. The molecule has 0 radical (unpaired) electrons. The summed E-state index contributed by atoms with van der Waals surface area (Å²) in [6, 6.07) is 16.7. The van der Waals surface area contributed by atoms with E-state index in [1.165, 1.54) is 24.1 Å². The highest BCUT2D eigenvalue weighted by atomic mass is 16.5. The van der Waals surface area contributed by atoms with E-state index in [-0.39, 0.29) is 0 Å². The number of benzene rings is 2. The summed E-state index contributed by atoms with van der Waals surface area (Å²) in [5.74, 6) is -0.914. The second-order valence-corrected chi connectivity index (χ2v) is 7.18. The Hall–Kier alpha value is -2.53. The van der Waals surface area contributed by atoms with E-state index in [1.54, 1.807) is 0 Å². The Morgan fingerprint density at radius 1 is 1.21 bits per heavy atom. The number of fused-ring (bicyclic) bond motifs is 1. The second kappa shape index (κ2) is 10.1. The molecule has 150 valence electrons. The van der Waals surface area contributed by atoms with Gasteiger partial charge in [-0.2, -0.15) is 0 Å². The minimum Gasteiger partial charge on any atom is -0.479 e. The van der Waals surface area contributed by atoms with Crippen molar-refractivity contribution in [3.05, 3.63) is 59.7 Å². The van der Waals surface area contributed by atoms with Crippen LogP contribution in [0.1, 0.15) is 30.9 Å². The fraction of sp³-hybridized carbons (Fsp3) is 0.435. The maximum atomic E-state index is 11.2. The smallest absolute Gasteiger partial charge is 0.333 e. The van der Waals surface area contributed by atoms with Crippen LogP contribution in [0.2, 0.25) is 0 Å². The molecule has 1 aliphatic rings. The Morgan fingerprint density at radius 2 is 2.00 bits per heavy atom. The van der Waals surface area contributed by atoms with E-state index in [0.29, 0.717) is 13.0 Å². The zero-order valence-corrected chi connectivity index (χ0v) is 16.6. The molecule has 0 amide bonds. The molecule has 0 spiro atoms. The van der Waals surface area contributed by atoms with E-state index in [9.17, 15) is 9.90 Å². The van der Waals surface area contributed by atoms with Crippen LogP contribution in [0.15, 0.2) is 48.5 Å². The molecule has 1 atom stereocenters. The highest BCUT2D eigenvalue weighted by Crippen LogP contribution is 2.26. The first-order valence-electron chi connectivity index (χ1n) is 10.2. The summed E-state index contributed by atoms with van der Waals surface area (Å²) in [6.45, 7) is 5.31. The molecule has 3 rings (SSSR count). The van der Waals surface area contributed by atoms with Gasteiger partial charge in [-0.3, -0.25) is 0 Å². The maximum absolute atomic E-state index is 11.2. The van der Waals surface area contributed by atoms with Gasteiger partial charge in [0.1, 0.15) is 0 Å². The van der Waals surface area contributed by atoms with Crippen molar-refractivity contribution in [3.63, 3.8) is 0 Å². The van der Waals surface area contributed by atoms with Crippen molar-refractivity contribution in [2.45, 2.75) is 38.7 Å². The Kier molecular flexibility index (Phi) is 7.31.